The molecule has 0 atom stereocenters. The van der Waals surface area contributed by atoms with Gasteiger partial charge in [-0.25, -0.2) is 0 Å². The van der Waals surface area contributed by atoms with Crippen LogP contribution < -0.4 is 10.6 Å². The van der Waals surface area contributed by atoms with E-state index < -0.39 is 0 Å². The summed E-state index contributed by atoms with van der Waals surface area (Å²) in [6.45, 7) is 2.65. The van der Waals surface area contributed by atoms with Gasteiger partial charge in [0.1, 0.15) is 0 Å². The van der Waals surface area contributed by atoms with Gasteiger partial charge in [-0.3, -0.25) is 4.68 Å². The zero-order valence-electron chi connectivity index (χ0n) is 13.2. The molecule has 4 nitrogen and oxygen atoms in total. The molecule has 0 unspecified atom stereocenters. The van der Waals surface area contributed by atoms with Gasteiger partial charge in [-0.05, 0) is 48.5 Å². The molecular formula is C18H17ClN4S. The summed E-state index contributed by atoms with van der Waals surface area (Å²) >= 11 is 11.5. The van der Waals surface area contributed by atoms with E-state index in [4.69, 9.17) is 23.8 Å². The van der Waals surface area contributed by atoms with Gasteiger partial charge in [-0.15, -0.1) is 0 Å². The summed E-state index contributed by atoms with van der Waals surface area (Å²) in [6.07, 6.45) is 1.89. The average molecular weight is 357 g/mol. The topological polar surface area (TPSA) is 41.9 Å². The summed E-state index contributed by atoms with van der Waals surface area (Å²) in [4.78, 5) is 0. The zero-order chi connectivity index (χ0) is 16.9. The maximum Gasteiger partial charge on any atom is 0.176 e. The Bertz CT molecular complexity index is 859. The van der Waals surface area contributed by atoms with Gasteiger partial charge in [0.15, 0.2) is 10.9 Å². The Kier molecular flexibility index (Phi) is 5.13. The first-order chi connectivity index (χ1) is 11.6. The number of rotatable bonds is 4. The maximum absolute atomic E-state index is 6.18. The minimum absolute atomic E-state index is 0.503. The molecule has 1 aromatic heterocycles. The van der Waals surface area contributed by atoms with E-state index in [0.717, 1.165) is 16.3 Å². The molecule has 1 heterocycles. The lowest BCUT2D eigenvalue weighted by atomic mass is 10.2. The minimum atomic E-state index is 0.503. The molecule has 2 N–H and O–H groups in total. The second kappa shape index (κ2) is 7.47. The highest BCUT2D eigenvalue weighted by molar-refractivity contribution is 7.80. The Morgan fingerprint density at radius 2 is 1.96 bits per heavy atom. The number of hydrogen-bond donors (Lipinski definition) is 2. The van der Waals surface area contributed by atoms with E-state index in [1.807, 2.05) is 72.4 Å². The Labute approximate surface area is 151 Å². The Balaban J connectivity index is 1.61. The smallest absolute Gasteiger partial charge is 0.176 e. The van der Waals surface area contributed by atoms with Crippen LogP contribution in [0.5, 0.6) is 0 Å². The maximum atomic E-state index is 6.18. The van der Waals surface area contributed by atoms with E-state index in [0.29, 0.717) is 17.5 Å². The molecule has 0 aliphatic heterocycles. The SMILES string of the molecule is Cc1cccc(NC(=S)Nc2ccn(Cc3ccccc3Cl)n2)c1. The molecule has 3 aromatic rings. The molecule has 24 heavy (non-hydrogen) atoms. The fourth-order valence-corrected chi connectivity index (χ4v) is 2.74. The van der Waals surface area contributed by atoms with E-state index in [1.54, 1.807) is 0 Å². The number of hydrogen-bond acceptors (Lipinski definition) is 2. The van der Waals surface area contributed by atoms with Crippen molar-refractivity contribution in [2.24, 2.45) is 0 Å². The second-order valence-electron chi connectivity index (χ2n) is 5.44. The van der Waals surface area contributed by atoms with Crippen LogP contribution in [0.15, 0.2) is 60.8 Å². The molecule has 0 saturated carbocycles. The summed E-state index contributed by atoms with van der Waals surface area (Å²) in [6, 6.07) is 17.6. The van der Waals surface area contributed by atoms with Crippen LogP contribution in [0.3, 0.4) is 0 Å². The molecule has 0 amide bonds. The Hall–Kier alpha value is -2.37. The quantitative estimate of drug-likeness (QED) is 0.665. The summed E-state index contributed by atoms with van der Waals surface area (Å²) in [5, 5.41) is 11.9. The van der Waals surface area contributed by atoms with Gasteiger partial charge in [0.2, 0.25) is 0 Å². The van der Waals surface area contributed by atoms with E-state index in [2.05, 4.69) is 15.7 Å². The predicted molar refractivity (Wildman–Crippen MR) is 104 cm³/mol. The van der Waals surface area contributed by atoms with Crippen LogP contribution in [0.2, 0.25) is 5.02 Å². The summed E-state index contributed by atoms with van der Waals surface area (Å²) in [5.41, 5.74) is 3.14. The zero-order valence-corrected chi connectivity index (χ0v) is 14.7. The molecule has 3 rings (SSSR count). The van der Waals surface area contributed by atoms with E-state index >= 15 is 0 Å². The molecular weight excluding hydrogens is 340 g/mol. The standard InChI is InChI=1S/C18H17ClN4S/c1-13-5-4-7-15(11-13)20-18(24)21-17-9-10-23(22-17)12-14-6-2-3-8-16(14)19/h2-11H,12H2,1H3,(H2,20,21,22,24). The number of nitrogens with zero attached hydrogens (tertiary/aromatic N) is 2. The van der Waals surface area contributed by atoms with Crippen LogP contribution in [0, 0.1) is 6.92 Å². The van der Waals surface area contributed by atoms with Crippen molar-refractivity contribution in [2.75, 3.05) is 10.6 Å². The highest BCUT2D eigenvalue weighted by Crippen LogP contribution is 2.16. The Morgan fingerprint density at radius 3 is 2.75 bits per heavy atom. The molecule has 2 aromatic carbocycles. The molecule has 0 saturated heterocycles. The monoisotopic (exact) mass is 356 g/mol. The van der Waals surface area contributed by atoms with Crippen LogP contribution >= 0.6 is 23.8 Å². The van der Waals surface area contributed by atoms with Crippen LogP contribution in [0.4, 0.5) is 11.5 Å². The van der Waals surface area contributed by atoms with Gasteiger partial charge in [0, 0.05) is 23.0 Å². The molecule has 0 aliphatic rings. The van der Waals surface area contributed by atoms with Crippen LogP contribution in [0.25, 0.3) is 0 Å². The summed E-state index contributed by atoms with van der Waals surface area (Å²) in [5.74, 6) is 0.687. The highest BCUT2D eigenvalue weighted by atomic mass is 35.5. The van der Waals surface area contributed by atoms with Crippen LogP contribution in [-0.2, 0) is 6.54 Å². The number of thiocarbonyl (C=S) groups is 1. The fourth-order valence-electron chi connectivity index (χ4n) is 2.32. The van der Waals surface area contributed by atoms with Gasteiger partial charge < -0.3 is 10.6 Å². The first-order valence-electron chi connectivity index (χ1n) is 7.52. The third kappa shape index (κ3) is 4.34. The van der Waals surface area contributed by atoms with Crippen molar-refractivity contribution >= 4 is 40.4 Å². The lowest BCUT2D eigenvalue weighted by Crippen LogP contribution is -2.19. The van der Waals surface area contributed by atoms with Gasteiger partial charge in [-0.1, -0.05) is 41.9 Å². The number of aryl methyl sites for hydroxylation is 1. The van der Waals surface area contributed by atoms with E-state index in [9.17, 15) is 0 Å². The van der Waals surface area contributed by atoms with Crippen LogP contribution in [-0.4, -0.2) is 14.9 Å². The fraction of sp³-hybridized carbons (Fsp3) is 0.111. The van der Waals surface area contributed by atoms with Crippen molar-refractivity contribution in [2.45, 2.75) is 13.5 Å². The van der Waals surface area contributed by atoms with Crippen molar-refractivity contribution in [1.29, 1.82) is 0 Å². The molecule has 6 heteroatoms. The first kappa shape index (κ1) is 16.5. The van der Waals surface area contributed by atoms with Crippen molar-refractivity contribution in [3.05, 3.63) is 76.9 Å². The van der Waals surface area contributed by atoms with E-state index in [-0.39, 0.29) is 0 Å². The van der Waals surface area contributed by atoms with Crippen molar-refractivity contribution in [1.82, 2.24) is 9.78 Å². The summed E-state index contributed by atoms with van der Waals surface area (Å²) < 4.78 is 1.82. The third-order valence-corrected chi connectivity index (χ3v) is 4.02. The van der Waals surface area contributed by atoms with Gasteiger partial charge >= 0.3 is 0 Å². The predicted octanol–water partition coefficient (Wildman–Crippen LogP) is 4.70. The molecule has 0 aliphatic carbocycles. The van der Waals surface area contributed by atoms with Crippen molar-refractivity contribution < 1.29 is 0 Å². The minimum Gasteiger partial charge on any atom is -0.332 e. The molecule has 0 fully saturated rings. The first-order valence-corrected chi connectivity index (χ1v) is 8.30. The number of benzene rings is 2. The third-order valence-electron chi connectivity index (χ3n) is 3.45. The number of halogens is 1. The van der Waals surface area contributed by atoms with Gasteiger partial charge in [0.05, 0.1) is 6.54 Å². The number of anilines is 2. The van der Waals surface area contributed by atoms with Crippen molar-refractivity contribution in [3.63, 3.8) is 0 Å². The second-order valence-corrected chi connectivity index (χ2v) is 6.25. The highest BCUT2D eigenvalue weighted by Gasteiger charge is 2.05. The lowest BCUT2D eigenvalue weighted by molar-refractivity contribution is 0.690. The largest absolute Gasteiger partial charge is 0.332 e. The molecule has 0 bridgehead atoms. The normalized spacial score (nSPS) is 10.4. The summed E-state index contributed by atoms with van der Waals surface area (Å²) in [7, 11) is 0. The van der Waals surface area contributed by atoms with Gasteiger partial charge in [-0.2, -0.15) is 5.10 Å². The number of aromatic nitrogens is 2. The van der Waals surface area contributed by atoms with Gasteiger partial charge in [0.25, 0.3) is 0 Å². The molecule has 0 spiro atoms. The lowest BCUT2D eigenvalue weighted by Gasteiger charge is -2.09. The van der Waals surface area contributed by atoms with Crippen molar-refractivity contribution in [3.8, 4) is 0 Å². The number of nitrogens with one attached hydrogen (secondary N) is 2. The van der Waals surface area contributed by atoms with E-state index in [1.165, 1.54) is 5.56 Å². The van der Waals surface area contributed by atoms with Crippen LogP contribution in [0.1, 0.15) is 11.1 Å². The Morgan fingerprint density at radius 1 is 1.12 bits per heavy atom. The molecule has 122 valence electrons. The molecule has 0 radical (unpaired) electrons. The average Bonchev–Trinajstić information content (AvgIpc) is 2.96.